The number of carbonyl (C=O) groups excluding carboxylic acids is 3. The molecule has 0 unspecified atom stereocenters. The van der Waals surface area contributed by atoms with Crippen LogP contribution in [0.25, 0.3) is 22.5 Å². The Bertz CT molecular complexity index is 3030. The number of likely N-dealkylation sites (tertiary alicyclic amines) is 2. The number of hydrogen-bond donors (Lipinski definition) is 5. The second-order valence-electron chi connectivity index (χ2n) is 20.3. The highest BCUT2D eigenvalue weighted by atomic mass is 19.1. The fraction of sp³-hybridized carbons (Fsp3) is 0.418. The highest BCUT2D eigenvalue weighted by molar-refractivity contribution is 5.99. The molecule has 3 amide bonds. The minimum atomic E-state index is -1.29. The van der Waals surface area contributed by atoms with Gasteiger partial charge in [-0.3, -0.25) is 14.2 Å². The Morgan fingerprint density at radius 1 is 0.679 bits per heavy atom. The van der Waals surface area contributed by atoms with Crippen molar-refractivity contribution in [2.45, 2.75) is 97.9 Å². The molecular weight excluding hydrogens is 1020 g/mol. The van der Waals surface area contributed by atoms with E-state index in [0.717, 1.165) is 36.2 Å². The van der Waals surface area contributed by atoms with Gasteiger partial charge in [0.25, 0.3) is 5.91 Å². The lowest BCUT2D eigenvalue weighted by Gasteiger charge is -2.41. The lowest BCUT2D eigenvalue weighted by molar-refractivity contribution is -0.00529. The van der Waals surface area contributed by atoms with Crippen LogP contribution in [-0.4, -0.2) is 131 Å². The molecule has 4 aromatic heterocycles. The predicted molar refractivity (Wildman–Crippen MR) is 288 cm³/mol. The van der Waals surface area contributed by atoms with Gasteiger partial charge >= 0.3 is 18.2 Å². The van der Waals surface area contributed by atoms with E-state index in [9.17, 15) is 37.5 Å². The van der Waals surface area contributed by atoms with Crippen molar-refractivity contribution >= 4 is 35.7 Å². The number of aryl methyl sites for hydroxylation is 2. The monoisotopic (exact) mass is 1090 g/mol. The molecule has 2 fully saturated rings. The summed E-state index contributed by atoms with van der Waals surface area (Å²) in [5.74, 6) is -3.67. The number of benzene rings is 2. The number of pyridine rings is 2. The molecule has 19 nitrogen and oxygen atoms in total. The zero-order valence-corrected chi connectivity index (χ0v) is 44.4. The second-order valence-corrected chi connectivity index (χ2v) is 20.3. The fourth-order valence-corrected chi connectivity index (χ4v) is 7.88. The van der Waals surface area contributed by atoms with Crippen LogP contribution in [0.1, 0.15) is 93.7 Å². The maximum absolute atomic E-state index is 15.1. The molecular formula is C55H70F4N12O7. The summed E-state index contributed by atoms with van der Waals surface area (Å²) in [7, 11) is 3.40. The predicted octanol–water partition coefficient (Wildman–Crippen LogP) is 8.86. The first kappa shape index (κ1) is 60.8. The second kappa shape index (κ2) is 26.8. The number of carboxylic acid groups (broad SMARTS) is 1. The largest absolute Gasteiger partial charge is 0.478 e. The molecule has 2 aromatic carbocycles. The summed E-state index contributed by atoms with van der Waals surface area (Å²) in [5.41, 5.74) is 6.69. The van der Waals surface area contributed by atoms with Crippen LogP contribution in [0.2, 0.25) is 0 Å². The average molecular weight is 1090 g/mol. The number of carboxylic acids is 1. The zero-order valence-electron chi connectivity index (χ0n) is 44.4. The number of rotatable bonds is 15. The number of amides is 3. The molecule has 6 heterocycles. The third kappa shape index (κ3) is 17.2. The van der Waals surface area contributed by atoms with Gasteiger partial charge < -0.3 is 46.1 Å². The molecule has 6 aromatic rings. The molecule has 0 aliphatic carbocycles. The van der Waals surface area contributed by atoms with Gasteiger partial charge in [0.15, 0.2) is 11.6 Å². The Morgan fingerprint density at radius 2 is 1.12 bits per heavy atom. The molecule has 8 rings (SSSR count). The molecule has 78 heavy (non-hydrogen) atoms. The van der Waals surface area contributed by atoms with Gasteiger partial charge in [0.05, 0.1) is 24.0 Å². The van der Waals surface area contributed by atoms with E-state index in [1.54, 1.807) is 81.3 Å². The molecule has 420 valence electrons. The Hall–Kier alpha value is -8.08. The van der Waals surface area contributed by atoms with Crippen molar-refractivity contribution in [1.82, 2.24) is 44.6 Å². The first-order valence-electron chi connectivity index (χ1n) is 24.9. The van der Waals surface area contributed by atoms with Crippen molar-refractivity contribution in [2.24, 2.45) is 19.8 Å². The van der Waals surface area contributed by atoms with Crippen LogP contribution < -0.4 is 21.7 Å². The number of aromatic carboxylic acids is 1. The third-order valence-corrected chi connectivity index (χ3v) is 11.9. The van der Waals surface area contributed by atoms with Crippen molar-refractivity contribution in [3.8, 4) is 22.5 Å². The summed E-state index contributed by atoms with van der Waals surface area (Å²) >= 11 is 0. The van der Waals surface area contributed by atoms with Crippen molar-refractivity contribution in [2.75, 3.05) is 49.9 Å². The quantitative estimate of drug-likeness (QED) is 0.0604. The van der Waals surface area contributed by atoms with Crippen LogP contribution in [0.4, 0.5) is 38.8 Å². The molecule has 2 aliphatic rings. The van der Waals surface area contributed by atoms with Crippen molar-refractivity contribution in [1.29, 1.82) is 0 Å². The lowest BCUT2D eigenvalue weighted by Crippen LogP contribution is -2.57. The summed E-state index contributed by atoms with van der Waals surface area (Å²) in [5, 5.41) is 26.1. The van der Waals surface area contributed by atoms with Gasteiger partial charge in [0.2, 0.25) is 0 Å². The topological polar surface area (TPSA) is 237 Å². The van der Waals surface area contributed by atoms with E-state index in [1.807, 2.05) is 20.8 Å². The van der Waals surface area contributed by atoms with Crippen LogP contribution in [0, 0.1) is 23.3 Å². The molecule has 23 heteroatoms. The van der Waals surface area contributed by atoms with Crippen LogP contribution >= 0.6 is 0 Å². The third-order valence-electron chi connectivity index (χ3n) is 11.9. The number of aromatic nitrogens is 6. The Labute approximate surface area is 451 Å². The van der Waals surface area contributed by atoms with E-state index in [2.05, 4.69) is 36.1 Å². The molecule has 2 aliphatic heterocycles. The molecule has 2 atom stereocenters. The van der Waals surface area contributed by atoms with Crippen LogP contribution in [-0.2, 0) is 36.4 Å². The van der Waals surface area contributed by atoms with Gasteiger partial charge in [0.1, 0.15) is 51.4 Å². The molecule has 0 spiro atoms. The Kier molecular flexibility index (Phi) is 20.9. The number of anilines is 2. The first-order valence-corrected chi connectivity index (χ1v) is 24.9. The van der Waals surface area contributed by atoms with Gasteiger partial charge in [0, 0.05) is 82.9 Å². The number of nitrogens with one attached hydrogen (secondary N) is 3. The van der Waals surface area contributed by atoms with Gasteiger partial charge in [-0.15, -0.1) is 0 Å². The summed E-state index contributed by atoms with van der Waals surface area (Å²) < 4.78 is 69.8. The fourth-order valence-electron chi connectivity index (χ4n) is 7.88. The number of halogens is 4. The summed E-state index contributed by atoms with van der Waals surface area (Å²) in [6.45, 7) is 13.6. The number of nitrogens with two attached hydrogens (primary N) is 1. The standard InChI is InChI=1S/C27H32F2N6O3.C18H16F2N4O2.C9H18N2O2.CH4/c1-27(2,3)38-26(37)35-11-9-20(35)15-31-25(36)21-13-22(29)23(18-14-32-34(4)16-18)33-24(21)30-10-8-17-6-5-7-19(28)12-17;1-24-10-12(9-22-24)16-15(20)8-14(18(25)26)17(23-16)21-6-5-11-3-2-4-13(19)7-11;1-9(2,3)13-8(12)11-5-4-7(11)6-10;/h5-7,12-14,16,20H,8-11,15H2,1-4H3,(H,30,33)(H,31,36);2-4,7-10H,5-6H2,1H3,(H,21,23)(H,25,26);7H,4-6,10H2,1-3H3;1H4/t20-;;7-;/m1.1./s1. The van der Waals surface area contributed by atoms with E-state index < -0.39 is 40.8 Å². The maximum atomic E-state index is 15.1. The summed E-state index contributed by atoms with van der Waals surface area (Å²) in [4.78, 5) is 60.2. The zero-order chi connectivity index (χ0) is 56.2. The summed E-state index contributed by atoms with van der Waals surface area (Å²) in [6.07, 6.45) is 8.11. The molecule has 0 bridgehead atoms. The van der Waals surface area contributed by atoms with Crippen molar-refractivity contribution in [3.63, 3.8) is 0 Å². The van der Waals surface area contributed by atoms with Gasteiger partial charge in [-0.1, -0.05) is 31.7 Å². The SMILES string of the molecule is C.CC(C)(C)OC(=O)N1CC[C@@H]1CN.Cn1cc(-c2nc(NCCc3cccc(F)c3)c(C(=O)NC[C@H]3CCN3C(=O)OC(C)(C)C)cc2F)cn1.Cn1cc(-c2nc(NCCc3cccc(F)c3)c(C(=O)O)cc2F)cn1. The van der Waals surface area contributed by atoms with E-state index in [-0.39, 0.29) is 77.9 Å². The van der Waals surface area contributed by atoms with Crippen molar-refractivity contribution in [3.05, 3.63) is 131 Å². The summed E-state index contributed by atoms with van der Waals surface area (Å²) in [6, 6.07) is 14.4. The minimum absolute atomic E-state index is 0. The van der Waals surface area contributed by atoms with E-state index in [4.69, 9.17) is 15.2 Å². The number of ether oxygens (including phenoxy) is 2. The van der Waals surface area contributed by atoms with Gasteiger partial charge in [-0.25, -0.2) is 41.9 Å². The Balaban J connectivity index is 0.000000241. The number of hydrogen-bond acceptors (Lipinski definition) is 13. The maximum Gasteiger partial charge on any atom is 0.410 e. The average Bonchev–Trinajstić information content (AvgIpc) is 3.96. The molecule has 2 saturated heterocycles. The van der Waals surface area contributed by atoms with E-state index in [1.165, 1.54) is 46.0 Å². The van der Waals surface area contributed by atoms with E-state index >= 15 is 4.39 Å². The minimum Gasteiger partial charge on any atom is -0.478 e. The Morgan fingerprint density at radius 3 is 1.49 bits per heavy atom. The lowest BCUT2D eigenvalue weighted by atomic mass is 10.0. The number of carbonyl (C=O) groups is 4. The van der Waals surface area contributed by atoms with Crippen LogP contribution in [0.5, 0.6) is 0 Å². The van der Waals surface area contributed by atoms with Gasteiger partial charge in [-0.05, 0) is 115 Å². The highest BCUT2D eigenvalue weighted by Crippen LogP contribution is 2.28. The molecule has 0 radical (unpaired) electrons. The molecule has 0 saturated carbocycles. The smallest absolute Gasteiger partial charge is 0.410 e. The van der Waals surface area contributed by atoms with Gasteiger partial charge in [-0.2, -0.15) is 10.2 Å². The normalized spacial score (nSPS) is 14.7. The van der Waals surface area contributed by atoms with E-state index in [0.29, 0.717) is 56.6 Å². The first-order chi connectivity index (χ1) is 36.4. The van der Waals surface area contributed by atoms with Crippen LogP contribution in [0.15, 0.2) is 85.5 Å². The molecule has 6 N–H and O–H groups in total. The highest BCUT2D eigenvalue weighted by Gasteiger charge is 2.36. The van der Waals surface area contributed by atoms with Crippen molar-refractivity contribution < 1.29 is 51.3 Å². The van der Waals surface area contributed by atoms with Crippen LogP contribution in [0.3, 0.4) is 0 Å². The number of nitrogens with zero attached hydrogens (tertiary/aromatic N) is 8.